The van der Waals surface area contributed by atoms with Crippen LogP contribution in [0.2, 0.25) is 0 Å². The molecule has 0 aromatic heterocycles. The molecular weight excluding hydrogens is 234 g/mol. The van der Waals surface area contributed by atoms with Gasteiger partial charge in [-0.3, -0.25) is 4.79 Å². The fourth-order valence-electron chi connectivity index (χ4n) is 1.21. The molecule has 0 bridgehead atoms. The van der Waals surface area contributed by atoms with Crippen LogP contribution in [-0.2, 0) is 19.1 Å². The SMILES string of the molecule is CCC(C)(C)C(=O)OC(OC)C(C#N)CCC=O. The van der Waals surface area contributed by atoms with Crippen molar-refractivity contribution in [3.63, 3.8) is 0 Å². The molecule has 0 amide bonds. The number of hydrogen-bond acceptors (Lipinski definition) is 5. The van der Waals surface area contributed by atoms with Crippen LogP contribution < -0.4 is 0 Å². The van der Waals surface area contributed by atoms with Crippen LogP contribution in [-0.4, -0.2) is 25.7 Å². The first-order valence-corrected chi connectivity index (χ1v) is 6.00. The van der Waals surface area contributed by atoms with Crippen LogP contribution in [0, 0.1) is 22.7 Å². The molecule has 0 radical (unpaired) electrons. The fraction of sp³-hybridized carbons (Fsp3) is 0.769. The molecule has 5 nitrogen and oxygen atoms in total. The van der Waals surface area contributed by atoms with Crippen LogP contribution in [0.25, 0.3) is 0 Å². The molecule has 0 rings (SSSR count). The van der Waals surface area contributed by atoms with Crippen LogP contribution in [0.15, 0.2) is 0 Å². The van der Waals surface area contributed by atoms with E-state index in [0.29, 0.717) is 12.8 Å². The molecule has 0 fully saturated rings. The van der Waals surface area contributed by atoms with E-state index in [9.17, 15) is 9.59 Å². The zero-order chi connectivity index (χ0) is 14.2. The van der Waals surface area contributed by atoms with Gasteiger partial charge in [-0.25, -0.2) is 0 Å². The minimum Gasteiger partial charge on any atom is -0.434 e. The summed E-state index contributed by atoms with van der Waals surface area (Å²) in [6.45, 7) is 5.43. The van der Waals surface area contributed by atoms with E-state index in [-0.39, 0.29) is 6.42 Å². The van der Waals surface area contributed by atoms with Crippen molar-refractivity contribution >= 4 is 12.3 Å². The van der Waals surface area contributed by atoms with Gasteiger partial charge in [0.15, 0.2) is 0 Å². The molecule has 0 aliphatic carbocycles. The largest absolute Gasteiger partial charge is 0.434 e. The van der Waals surface area contributed by atoms with E-state index >= 15 is 0 Å². The number of nitriles is 1. The first-order chi connectivity index (χ1) is 8.42. The third-order valence-electron chi connectivity index (χ3n) is 2.98. The Morgan fingerprint density at radius 1 is 1.50 bits per heavy atom. The van der Waals surface area contributed by atoms with E-state index in [1.807, 2.05) is 13.0 Å². The first-order valence-electron chi connectivity index (χ1n) is 6.00. The van der Waals surface area contributed by atoms with E-state index in [0.717, 1.165) is 6.29 Å². The Labute approximate surface area is 108 Å². The monoisotopic (exact) mass is 255 g/mol. The Morgan fingerprint density at radius 3 is 2.50 bits per heavy atom. The summed E-state index contributed by atoms with van der Waals surface area (Å²) >= 11 is 0. The molecule has 2 unspecified atom stereocenters. The van der Waals surface area contributed by atoms with Crippen molar-refractivity contribution in [1.82, 2.24) is 0 Å². The molecule has 2 atom stereocenters. The van der Waals surface area contributed by atoms with Gasteiger partial charge in [0.25, 0.3) is 0 Å². The van der Waals surface area contributed by atoms with E-state index in [1.54, 1.807) is 13.8 Å². The van der Waals surface area contributed by atoms with E-state index in [1.165, 1.54) is 7.11 Å². The van der Waals surface area contributed by atoms with E-state index in [4.69, 9.17) is 14.7 Å². The molecule has 102 valence electrons. The number of nitrogens with zero attached hydrogens (tertiary/aromatic N) is 1. The number of aldehydes is 1. The summed E-state index contributed by atoms with van der Waals surface area (Å²) in [4.78, 5) is 22.2. The van der Waals surface area contributed by atoms with Crippen LogP contribution >= 0.6 is 0 Å². The lowest BCUT2D eigenvalue weighted by atomic mass is 9.90. The summed E-state index contributed by atoms with van der Waals surface area (Å²) in [6.07, 6.45) is 1.00. The maximum Gasteiger partial charge on any atom is 0.313 e. The maximum absolute atomic E-state index is 11.9. The molecule has 5 heteroatoms. The first kappa shape index (κ1) is 16.6. The third-order valence-corrected chi connectivity index (χ3v) is 2.98. The Bertz CT molecular complexity index is 319. The Morgan fingerprint density at radius 2 is 2.11 bits per heavy atom. The van der Waals surface area contributed by atoms with E-state index in [2.05, 4.69) is 0 Å². The minimum absolute atomic E-state index is 0.243. The second-order valence-corrected chi connectivity index (χ2v) is 4.73. The lowest BCUT2D eigenvalue weighted by molar-refractivity contribution is -0.190. The standard InChI is InChI=1S/C13H21NO4/c1-5-13(2,3)12(16)18-11(17-4)10(9-14)7-6-8-15/h8,10-11H,5-7H2,1-4H3. The van der Waals surface area contributed by atoms with Gasteiger partial charge in [0.1, 0.15) is 12.2 Å². The predicted molar refractivity (Wildman–Crippen MR) is 65.4 cm³/mol. The summed E-state index contributed by atoms with van der Waals surface area (Å²) in [5.41, 5.74) is -0.610. The van der Waals surface area contributed by atoms with Crippen molar-refractivity contribution in [3.05, 3.63) is 0 Å². The second kappa shape index (κ2) is 7.83. The van der Waals surface area contributed by atoms with Crippen LogP contribution in [0.1, 0.15) is 40.0 Å². The van der Waals surface area contributed by atoms with Gasteiger partial charge in [-0.2, -0.15) is 5.26 Å². The molecule has 18 heavy (non-hydrogen) atoms. The van der Waals surface area contributed by atoms with Crippen LogP contribution in [0.5, 0.6) is 0 Å². The van der Waals surface area contributed by atoms with Gasteiger partial charge in [-0.05, 0) is 26.7 Å². The normalized spacial score (nSPS) is 14.4. The highest BCUT2D eigenvalue weighted by atomic mass is 16.7. The highest BCUT2D eigenvalue weighted by Crippen LogP contribution is 2.24. The van der Waals surface area contributed by atoms with Crippen LogP contribution in [0.3, 0.4) is 0 Å². The smallest absolute Gasteiger partial charge is 0.313 e. The average Bonchev–Trinajstić information content (AvgIpc) is 2.37. The highest BCUT2D eigenvalue weighted by molar-refractivity contribution is 5.75. The molecule has 0 aromatic rings. The van der Waals surface area contributed by atoms with Gasteiger partial charge in [0, 0.05) is 13.5 Å². The lowest BCUT2D eigenvalue weighted by Crippen LogP contribution is -2.34. The fourth-order valence-corrected chi connectivity index (χ4v) is 1.21. The van der Waals surface area contributed by atoms with Gasteiger partial charge < -0.3 is 14.3 Å². The minimum atomic E-state index is -0.923. The van der Waals surface area contributed by atoms with Gasteiger partial charge in [-0.1, -0.05) is 6.92 Å². The summed E-state index contributed by atoms with van der Waals surface area (Å²) in [6, 6.07) is 2.00. The molecule has 0 aromatic carbocycles. The van der Waals surface area contributed by atoms with Crippen molar-refractivity contribution in [2.75, 3.05) is 7.11 Å². The number of carbonyl (C=O) groups excluding carboxylic acids is 2. The Kier molecular flexibility index (Phi) is 7.21. The second-order valence-electron chi connectivity index (χ2n) is 4.73. The van der Waals surface area contributed by atoms with Gasteiger partial charge in [0.2, 0.25) is 6.29 Å². The summed E-state index contributed by atoms with van der Waals surface area (Å²) in [5.74, 6) is -1.03. The average molecular weight is 255 g/mol. The zero-order valence-electron chi connectivity index (χ0n) is 11.4. The number of ether oxygens (including phenoxy) is 2. The van der Waals surface area contributed by atoms with Gasteiger partial charge in [-0.15, -0.1) is 0 Å². The molecule has 0 spiro atoms. The summed E-state index contributed by atoms with van der Waals surface area (Å²) in [5, 5.41) is 8.99. The number of hydrogen-bond donors (Lipinski definition) is 0. The quantitative estimate of drug-likeness (QED) is 0.377. The van der Waals surface area contributed by atoms with Crippen molar-refractivity contribution in [1.29, 1.82) is 5.26 Å². The van der Waals surface area contributed by atoms with Gasteiger partial charge in [0.05, 0.1) is 11.5 Å². The third kappa shape index (κ3) is 4.84. The summed E-state index contributed by atoms with van der Waals surface area (Å²) < 4.78 is 10.2. The number of rotatable bonds is 8. The maximum atomic E-state index is 11.9. The van der Waals surface area contributed by atoms with Crippen molar-refractivity contribution in [2.24, 2.45) is 11.3 Å². The topological polar surface area (TPSA) is 76.4 Å². The van der Waals surface area contributed by atoms with Crippen LogP contribution in [0.4, 0.5) is 0 Å². The van der Waals surface area contributed by atoms with E-state index < -0.39 is 23.6 Å². The Hall–Kier alpha value is -1.41. The molecule has 0 aliphatic rings. The number of esters is 1. The van der Waals surface area contributed by atoms with Crippen molar-refractivity contribution in [3.8, 4) is 6.07 Å². The molecule has 0 aliphatic heterocycles. The highest BCUT2D eigenvalue weighted by Gasteiger charge is 2.32. The summed E-state index contributed by atoms with van der Waals surface area (Å²) in [7, 11) is 1.38. The molecule has 0 N–H and O–H groups in total. The van der Waals surface area contributed by atoms with Gasteiger partial charge >= 0.3 is 5.97 Å². The Balaban J connectivity index is 4.63. The number of carbonyl (C=O) groups is 2. The lowest BCUT2D eigenvalue weighted by Gasteiger charge is -2.26. The zero-order valence-corrected chi connectivity index (χ0v) is 11.4. The van der Waals surface area contributed by atoms with Crippen molar-refractivity contribution < 1.29 is 19.1 Å². The predicted octanol–water partition coefficient (Wildman–Crippen LogP) is 2.06. The molecular formula is C13H21NO4. The number of methoxy groups -OCH3 is 1. The molecule has 0 heterocycles. The molecule has 0 saturated heterocycles. The molecule has 0 saturated carbocycles. The van der Waals surface area contributed by atoms with Crippen molar-refractivity contribution in [2.45, 2.75) is 46.3 Å².